The molecule has 1 rings (SSSR count). The molecule has 5 nitrogen and oxygen atoms in total. The van der Waals surface area contributed by atoms with Crippen molar-refractivity contribution in [3.8, 4) is 6.07 Å². The SMILES string of the molecule is N#Cc1ccc(N)c(S(=O)(=O)O)c1. The highest BCUT2D eigenvalue weighted by Gasteiger charge is 2.13. The monoisotopic (exact) mass is 198 g/mol. The first-order valence-electron chi connectivity index (χ1n) is 3.22. The van der Waals surface area contributed by atoms with E-state index in [1.165, 1.54) is 12.1 Å². The Morgan fingerprint density at radius 2 is 2.08 bits per heavy atom. The molecule has 0 radical (unpaired) electrons. The number of benzene rings is 1. The van der Waals surface area contributed by atoms with Crippen LogP contribution >= 0.6 is 0 Å². The molecule has 0 aromatic heterocycles. The second kappa shape index (κ2) is 3.05. The molecule has 0 spiro atoms. The number of nitrogens with two attached hydrogens (primary N) is 1. The Bertz CT molecular complexity index is 473. The van der Waals surface area contributed by atoms with Gasteiger partial charge in [-0.1, -0.05) is 0 Å². The van der Waals surface area contributed by atoms with E-state index in [-0.39, 0.29) is 11.3 Å². The van der Waals surface area contributed by atoms with E-state index in [1.807, 2.05) is 0 Å². The Balaban J connectivity index is 3.47. The van der Waals surface area contributed by atoms with Crippen LogP contribution in [0.1, 0.15) is 5.56 Å². The fourth-order valence-electron chi connectivity index (χ4n) is 0.827. The molecule has 1 aromatic rings. The van der Waals surface area contributed by atoms with Gasteiger partial charge in [0.1, 0.15) is 4.90 Å². The molecule has 3 N–H and O–H groups in total. The summed E-state index contributed by atoms with van der Waals surface area (Å²) in [5.74, 6) is 0. The predicted octanol–water partition coefficient (Wildman–Crippen LogP) is 0.387. The largest absolute Gasteiger partial charge is 0.398 e. The summed E-state index contributed by atoms with van der Waals surface area (Å²) in [5, 5.41) is 8.45. The lowest BCUT2D eigenvalue weighted by Crippen LogP contribution is -2.03. The van der Waals surface area contributed by atoms with Crippen molar-refractivity contribution in [1.29, 1.82) is 5.26 Å². The first-order valence-corrected chi connectivity index (χ1v) is 4.66. The Labute approximate surface area is 75.2 Å². The summed E-state index contributed by atoms with van der Waals surface area (Å²) in [5.41, 5.74) is 5.33. The molecule has 0 bridgehead atoms. The van der Waals surface area contributed by atoms with Crippen LogP contribution in [0.5, 0.6) is 0 Å². The molecule has 0 atom stereocenters. The van der Waals surface area contributed by atoms with E-state index in [0.29, 0.717) is 0 Å². The number of rotatable bonds is 1. The summed E-state index contributed by atoms with van der Waals surface area (Å²) in [7, 11) is -4.34. The lowest BCUT2D eigenvalue weighted by Gasteiger charge is -2.01. The summed E-state index contributed by atoms with van der Waals surface area (Å²) in [6.07, 6.45) is 0. The number of hydrogen-bond acceptors (Lipinski definition) is 4. The molecule has 0 aliphatic rings. The van der Waals surface area contributed by atoms with E-state index in [1.54, 1.807) is 6.07 Å². The van der Waals surface area contributed by atoms with Crippen molar-refractivity contribution in [2.45, 2.75) is 4.90 Å². The minimum Gasteiger partial charge on any atom is -0.398 e. The van der Waals surface area contributed by atoms with Gasteiger partial charge in [0.05, 0.1) is 17.3 Å². The molecule has 0 amide bonds. The first kappa shape index (κ1) is 9.51. The molecule has 68 valence electrons. The van der Waals surface area contributed by atoms with Crippen LogP contribution in [0, 0.1) is 11.3 Å². The van der Waals surface area contributed by atoms with Crippen molar-refractivity contribution in [1.82, 2.24) is 0 Å². The van der Waals surface area contributed by atoms with Crippen LogP contribution in [0.25, 0.3) is 0 Å². The number of nitrogens with zero attached hydrogens (tertiary/aromatic N) is 1. The van der Waals surface area contributed by atoms with Gasteiger partial charge in [-0.05, 0) is 18.2 Å². The average Bonchev–Trinajstić information content (AvgIpc) is 2.03. The van der Waals surface area contributed by atoms with Crippen molar-refractivity contribution in [3.63, 3.8) is 0 Å². The van der Waals surface area contributed by atoms with Gasteiger partial charge >= 0.3 is 0 Å². The van der Waals surface area contributed by atoms with Gasteiger partial charge in [0.25, 0.3) is 10.1 Å². The standard InChI is InChI=1S/C7H6N2O3S/c8-4-5-1-2-6(9)7(3-5)13(10,11)12/h1-3H,9H2,(H,10,11,12). The maximum absolute atomic E-state index is 10.7. The van der Waals surface area contributed by atoms with Crippen LogP contribution in [0.4, 0.5) is 5.69 Å². The van der Waals surface area contributed by atoms with Crippen molar-refractivity contribution >= 4 is 15.8 Å². The fourth-order valence-corrected chi connectivity index (χ4v) is 1.47. The third-order valence-electron chi connectivity index (χ3n) is 1.42. The van der Waals surface area contributed by atoms with Gasteiger partial charge in [-0.25, -0.2) is 0 Å². The zero-order chi connectivity index (χ0) is 10.1. The summed E-state index contributed by atoms with van der Waals surface area (Å²) in [4.78, 5) is -0.438. The number of nitriles is 1. The Hall–Kier alpha value is -1.58. The molecule has 0 heterocycles. The van der Waals surface area contributed by atoms with E-state index in [2.05, 4.69) is 0 Å². The molecular weight excluding hydrogens is 192 g/mol. The van der Waals surface area contributed by atoms with Crippen molar-refractivity contribution in [3.05, 3.63) is 23.8 Å². The van der Waals surface area contributed by atoms with Gasteiger partial charge in [0.2, 0.25) is 0 Å². The third-order valence-corrected chi connectivity index (χ3v) is 2.33. The van der Waals surface area contributed by atoms with Gasteiger partial charge in [-0.2, -0.15) is 13.7 Å². The van der Waals surface area contributed by atoms with E-state index in [4.69, 9.17) is 15.5 Å². The lowest BCUT2D eigenvalue weighted by molar-refractivity contribution is 0.483. The maximum atomic E-state index is 10.7. The van der Waals surface area contributed by atoms with Crippen LogP contribution in [0.2, 0.25) is 0 Å². The molecule has 0 aliphatic carbocycles. The average molecular weight is 198 g/mol. The smallest absolute Gasteiger partial charge is 0.296 e. The minimum atomic E-state index is -4.34. The zero-order valence-electron chi connectivity index (χ0n) is 6.43. The predicted molar refractivity (Wildman–Crippen MR) is 45.4 cm³/mol. The van der Waals surface area contributed by atoms with Crippen LogP contribution in [0.15, 0.2) is 23.1 Å². The fraction of sp³-hybridized carbons (Fsp3) is 0. The molecule has 1 aromatic carbocycles. The molecular formula is C7H6N2O3S. The lowest BCUT2D eigenvalue weighted by atomic mass is 10.2. The summed E-state index contributed by atoms with van der Waals surface area (Å²) >= 11 is 0. The number of nitrogen functional groups attached to an aromatic ring is 1. The summed E-state index contributed by atoms with van der Waals surface area (Å²) < 4.78 is 30.0. The van der Waals surface area contributed by atoms with E-state index < -0.39 is 15.0 Å². The molecule has 13 heavy (non-hydrogen) atoms. The van der Waals surface area contributed by atoms with Gasteiger partial charge in [-0.3, -0.25) is 4.55 Å². The second-order valence-corrected chi connectivity index (χ2v) is 3.73. The highest BCUT2D eigenvalue weighted by Crippen LogP contribution is 2.18. The molecule has 6 heteroatoms. The minimum absolute atomic E-state index is 0.0819. The molecule has 0 fully saturated rings. The molecule has 0 saturated carbocycles. The van der Waals surface area contributed by atoms with Crippen molar-refractivity contribution in [2.75, 3.05) is 5.73 Å². The van der Waals surface area contributed by atoms with Crippen molar-refractivity contribution in [2.24, 2.45) is 0 Å². The quantitative estimate of drug-likeness (QED) is 0.501. The van der Waals surface area contributed by atoms with E-state index in [0.717, 1.165) is 6.07 Å². The molecule has 0 saturated heterocycles. The van der Waals surface area contributed by atoms with Crippen LogP contribution in [-0.2, 0) is 10.1 Å². The normalized spacial score (nSPS) is 10.8. The van der Waals surface area contributed by atoms with E-state index in [9.17, 15) is 8.42 Å². The highest BCUT2D eigenvalue weighted by molar-refractivity contribution is 7.86. The third kappa shape index (κ3) is 1.96. The Kier molecular flexibility index (Phi) is 2.23. The molecule has 0 unspecified atom stereocenters. The van der Waals surface area contributed by atoms with Crippen LogP contribution < -0.4 is 5.73 Å². The number of hydrogen-bond donors (Lipinski definition) is 2. The number of anilines is 1. The van der Waals surface area contributed by atoms with E-state index >= 15 is 0 Å². The van der Waals surface area contributed by atoms with Crippen molar-refractivity contribution < 1.29 is 13.0 Å². The molecule has 0 aliphatic heterocycles. The second-order valence-electron chi connectivity index (χ2n) is 2.34. The Morgan fingerprint density at radius 1 is 1.46 bits per heavy atom. The summed E-state index contributed by atoms with van der Waals surface area (Å²) in [6, 6.07) is 5.37. The van der Waals surface area contributed by atoms with Gasteiger partial charge in [0, 0.05) is 0 Å². The Morgan fingerprint density at radius 3 is 2.54 bits per heavy atom. The van der Waals surface area contributed by atoms with Gasteiger partial charge in [0.15, 0.2) is 0 Å². The van der Waals surface area contributed by atoms with Gasteiger partial charge < -0.3 is 5.73 Å². The topological polar surface area (TPSA) is 104 Å². The van der Waals surface area contributed by atoms with Crippen LogP contribution in [-0.4, -0.2) is 13.0 Å². The highest BCUT2D eigenvalue weighted by atomic mass is 32.2. The maximum Gasteiger partial charge on any atom is 0.296 e. The summed E-state index contributed by atoms with van der Waals surface area (Å²) in [6.45, 7) is 0. The zero-order valence-corrected chi connectivity index (χ0v) is 7.25. The first-order chi connectivity index (χ1) is 5.95. The van der Waals surface area contributed by atoms with Crippen LogP contribution in [0.3, 0.4) is 0 Å². The van der Waals surface area contributed by atoms with Gasteiger partial charge in [-0.15, -0.1) is 0 Å².